The molecule has 1 aliphatic rings. The fraction of sp³-hybridized carbons (Fsp3) is 0.286. The predicted molar refractivity (Wildman–Crippen MR) is 144 cm³/mol. The Morgan fingerprint density at radius 3 is 2.42 bits per heavy atom. The fourth-order valence-electron chi connectivity index (χ4n) is 4.38. The minimum Gasteiger partial charge on any atom is -0.299 e. The normalized spacial score (nSPS) is 13.9. The zero-order valence-corrected chi connectivity index (χ0v) is 21.3. The van der Waals surface area contributed by atoms with Gasteiger partial charge in [0.2, 0.25) is 0 Å². The van der Waals surface area contributed by atoms with Gasteiger partial charge in [-0.15, -0.1) is 0 Å². The van der Waals surface area contributed by atoms with Crippen LogP contribution in [0.3, 0.4) is 0 Å². The monoisotopic (exact) mass is 499 g/mol. The summed E-state index contributed by atoms with van der Waals surface area (Å²) in [6, 6.07) is 20.7. The number of aromatic nitrogens is 3. The molecule has 1 amide bonds. The number of carbonyl (C=O) groups excluding carboxylic acids is 1. The molecule has 1 saturated heterocycles. The van der Waals surface area contributed by atoms with Crippen molar-refractivity contribution in [3.05, 3.63) is 88.2 Å². The number of amides is 1. The molecule has 8 heteroatoms. The van der Waals surface area contributed by atoms with Crippen LogP contribution in [0, 0.1) is 0 Å². The number of thiazole rings is 1. The van der Waals surface area contributed by atoms with Crippen molar-refractivity contribution in [3.63, 3.8) is 0 Å². The van der Waals surface area contributed by atoms with Gasteiger partial charge in [-0.05, 0) is 63.5 Å². The summed E-state index contributed by atoms with van der Waals surface area (Å²) in [7, 11) is 0. The molecule has 7 nitrogen and oxygen atoms in total. The number of rotatable bonds is 7. The Hall–Kier alpha value is -3.62. The second-order valence-corrected chi connectivity index (χ2v) is 10.3. The number of carbonyl (C=O) groups is 1. The second-order valence-electron chi connectivity index (χ2n) is 9.29. The van der Waals surface area contributed by atoms with Crippen molar-refractivity contribution in [1.82, 2.24) is 19.7 Å². The molecule has 2 aromatic heterocycles. The van der Waals surface area contributed by atoms with E-state index in [4.69, 9.17) is 4.98 Å². The highest BCUT2D eigenvalue weighted by Gasteiger charge is 2.19. The van der Waals surface area contributed by atoms with Crippen LogP contribution < -0.4 is 10.9 Å². The van der Waals surface area contributed by atoms with Crippen LogP contribution in [0.5, 0.6) is 0 Å². The lowest BCUT2D eigenvalue weighted by atomic mass is 10.1. The van der Waals surface area contributed by atoms with Crippen LogP contribution in [0.4, 0.5) is 5.13 Å². The number of nitrogens with one attached hydrogen (secondary N) is 1. The van der Waals surface area contributed by atoms with Crippen LogP contribution in [0.2, 0.25) is 0 Å². The molecule has 0 bridgehead atoms. The van der Waals surface area contributed by atoms with Crippen molar-refractivity contribution >= 4 is 22.4 Å². The van der Waals surface area contributed by atoms with E-state index in [0.717, 1.165) is 35.8 Å². The molecule has 5 rings (SSSR count). The molecule has 0 radical (unpaired) electrons. The van der Waals surface area contributed by atoms with Crippen molar-refractivity contribution in [1.29, 1.82) is 0 Å². The van der Waals surface area contributed by atoms with Gasteiger partial charge in [0.15, 0.2) is 5.13 Å². The molecule has 1 N–H and O–H groups in total. The molecule has 36 heavy (non-hydrogen) atoms. The minimum absolute atomic E-state index is 0.0711. The molecule has 2 aromatic carbocycles. The van der Waals surface area contributed by atoms with Gasteiger partial charge in [0.05, 0.1) is 16.6 Å². The molecule has 0 aliphatic carbocycles. The average Bonchev–Trinajstić information content (AvgIpc) is 3.55. The van der Waals surface area contributed by atoms with Crippen molar-refractivity contribution < 1.29 is 4.79 Å². The molecular formula is C28H29N5O2S. The largest absolute Gasteiger partial charge is 0.299 e. The minimum atomic E-state index is -0.206. The first kappa shape index (κ1) is 24.1. The van der Waals surface area contributed by atoms with Crippen LogP contribution in [-0.2, 0) is 6.54 Å². The Labute approximate surface area is 214 Å². The average molecular weight is 500 g/mol. The number of anilines is 1. The molecule has 4 aromatic rings. The first-order valence-electron chi connectivity index (χ1n) is 12.3. The number of nitrogens with zero attached hydrogens (tertiary/aromatic N) is 4. The van der Waals surface area contributed by atoms with E-state index >= 15 is 0 Å². The molecule has 3 heterocycles. The topological polar surface area (TPSA) is 80.1 Å². The first-order valence-corrected chi connectivity index (χ1v) is 13.1. The van der Waals surface area contributed by atoms with Gasteiger partial charge in [-0.25, -0.2) is 9.67 Å². The maximum atomic E-state index is 13.0. The fourth-order valence-corrected chi connectivity index (χ4v) is 5.33. The molecule has 0 atom stereocenters. The molecule has 1 fully saturated rings. The molecule has 0 saturated carbocycles. The summed E-state index contributed by atoms with van der Waals surface area (Å²) < 4.78 is 1.46. The molecule has 0 unspecified atom stereocenters. The highest BCUT2D eigenvalue weighted by molar-refractivity contribution is 7.19. The highest BCUT2D eigenvalue weighted by atomic mass is 32.1. The van der Waals surface area contributed by atoms with E-state index in [1.165, 1.54) is 40.5 Å². The smallest absolute Gasteiger partial charge is 0.267 e. The summed E-state index contributed by atoms with van der Waals surface area (Å²) in [6.07, 6.45) is 2.52. The zero-order valence-electron chi connectivity index (χ0n) is 20.5. The Morgan fingerprint density at radius 2 is 1.72 bits per heavy atom. The summed E-state index contributed by atoms with van der Waals surface area (Å²) in [5.74, 6) is -0.206. The third-order valence-electron chi connectivity index (χ3n) is 6.26. The van der Waals surface area contributed by atoms with Gasteiger partial charge in [-0.2, -0.15) is 5.10 Å². The van der Waals surface area contributed by atoms with E-state index < -0.39 is 0 Å². The summed E-state index contributed by atoms with van der Waals surface area (Å²) in [6.45, 7) is 7.05. The van der Waals surface area contributed by atoms with Crippen LogP contribution in [-0.4, -0.2) is 38.7 Å². The molecule has 184 valence electrons. The van der Waals surface area contributed by atoms with Crippen molar-refractivity contribution in [2.24, 2.45) is 0 Å². The lowest BCUT2D eigenvalue weighted by Crippen LogP contribution is -2.23. The second kappa shape index (κ2) is 10.6. The summed E-state index contributed by atoms with van der Waals surface area (Å²) in [5, 5.41) is 8.04. The van der Waals surface area contributed by atoms with E-state index in [0.29, 0.717) is 16.4 Å². The standard InChI is InChI=1S/C28H29N5O2S/c1-19(2)33-24(34)15-14-23(31-33)26-25(21-8-4-3-5-9-21)29-28(36-26)30-27(35)22-12-10-20(11-13-22)18-32-16-6-7-17-32/h3-5,8-15,19H,6-7,16-18H2,1-2H3,(H,29,30,35). The summed E-state index contributed by atoms with van der Waals surface area (Å²) in [5.41, 5.74) is 3.93. The van der Waals surface area contributed by atoms with Crippen LogP contribution in [0.25, 0.3) is 21.8 Å². The Morgan fingerprint density at radius 1 is 1.00 bits per heavy atom. The van der Waals surface area contributed by atoms with Crippen molar-refractivity contribution in [2.75, 3.05) is 18.4 Å². The van der Waals surface area contributed by atoms with Crippen molar-refractivity contribution in [3.8, 4) is 21.8 Å². The van der Waals surface area contributed by atoms with Gasteiger partial charge in [-0.1, -0.05) is 53.8 Å². The number of likely N-dealkylation sites (tertiary alicyclic amines) is 1. The maximum absolute atomic E-state index is 13.0. The highest BCUT2D eigenvalue weighted by Crippen LogP contribution is 2.38. The van der Waals surface area contributed by atoms with Crippen LogP contribution >= 0.6 is 11.3 Å². The lowest BCUT2D eigenvalue weighted by Gasteiger charge is -2.14. The van der Waals surface area contributed by atoms with E-state index in [-0.39, 0.29) is 17.5 Å². The quantitative estimate of drug-likeness (QED) is 0.365. The van der Waals surface area contributed by atoms with Gasteiger partial charge < -0.3 is 0 Å². The molecule has 1 aliphatic heterocycles. The lowest BCUT2D eigenvalue weighted by molar-refractivity contribution is 0.102. The van der Waals surface area contributed by atoms with Crippen molar-refractivity contribution in [2.45, 2.75) is 39.3 Å². The molecule has 0 spiro atoms. The van der Waals surface area contributed by atoms with Gasteiger partial charge in [0.1, 0.15) is 5.69 Å². The Bertz CT molecular complexity index is 1400. The maximum Gasteiger partial charge on any atom is 0.267 e. The number of benzene rings is 2. The molecular weight excluding hydrogens is 470 g/mol. The predicted octanol–water partition coefficient (Wildman–Crippen LogP) is 5.46. The number of hydrogen-bond donors (Lipinski definition) is 1. The zero-order chi connectivity index (χ0) is 25.1. The SMILES string of the molecule is CC(C)n1nc(-c2sc(NC(=O)c3ccc(CN4CCCC4)cc3)nc2-c2ccccc2)ccc1=O. The van der Waals surface area contributed by atoms with Crippen LogP contribution in [0.15, 0.2) is 71.5 Å². The van der Waals surface area contributed by atoms with Gasteiger partial charge in [0.25, 0.3) is 11.5 Å². The Kier molecular flexibility index (Phi) is 7.06. The van der Waals surface area contributed by atoms with Gasteiger partial charge in [-0.3, -0.25) is 19.8 Å². The van der Waals surface area contributed by atoms with E-state index in [2.05, 4.69) is 15.3 Å². The first-order chi connectivity index (χ1) is 17.5. The number of hydrogen-bond acceptors (Lipinski definition) is 6. The van der Waals surface area contributed by atoms with Gasteiger partial charge in [0, 0.05) is 23.7 Å². The van der Waals surface area contributed by atoms with E-state index in [1.807, 2.05) is 68.4 Å². The third-order valence-corrected chi connectivity index (χ3v) is 7.26. The van der Waals surface area contributed by atoms with E-state index in [9.17, 15) is 9.59 Å². The third kappa shape index (κ3) is 5.29. The van der Waals surface area contributed by atoms with Crippen LogP contribution in [0.1, 0.15) is 48.7 Å². The van der Waals surface area contributed by atoms with E-state index in [1.54, 1.807) is 6.07 Å². The summed E-state index contributed by atoms with van der Waals surface area (Å²) >= 11 is 1.35. The Balaban J connectivity index is 1.42. The van der Waals surface area contributed by atoms with Gasteiger partial charge >= 0.3 is 0 Å². The summed E-state index contributed by atoms with van der Waals surface area (Å²) in [4.78, 5) is 33.3.